The van der Waals surface area contributed by atoms with Gasteiger partial charge in [0, 0.05) is 12.6 Å². The van der Waals surface area contributed by atoms with Crippen LogP contribution in [-0.4, -0.2) is 27.0 Å². The van der Waals surface area contributed by atoms with Crippen LogP contribution in [-0.2, 0) is 6.54 Å². The summed E-state index contributed by atoms with van der Waals surface area (Å²) in [7, 11) is 0. The van der Waals surface area contributed by atoms with Gasteiger partial charge in [0.2, 0.25) is 0 Å². The maximum absolute atomic E-state index is 11.8. The third-order valence-electron chi connectivity index (χ3n) is 3.34. The van der Waals surface area contributed by atoms with Gasteiger partial charge in [0.25, 0.3) is 5.56 Å². The van der Waals surface area contributed by atoms with Crippen LogP contribution in [0.1, 0.15) is 32.6 Å². The summed E-state index contributed by atoms with van der Waals surface area (Å²) in [6.45, 7) is 2.36. The van der Waals surface area contributed by atoms with E-state index in [1.54, 1.807) is 6.20 Å². The molecule has 5 nitrogen and oxygen atoms in total. The van der Waals surface area contributed by atoms with Gasteiger partial charge in [0.05, 0.1) is 18.0 Å². The van der Waals surface area contributed by atoms with E-state index in [0.29, 0.717) is 12.2 Å². The van der Waals surface area contributed by atoms with Crippen molar-refractivity contribution in [1.29, 1.82) is 0 Å². The molecule has 1 aliphatic rings. The number of aliphatic hydroxyl groups excluding tert-OH is 1. The van der Waals surface area contributed by atoms with E-state index in [4.69, 9.17) is 11.6 Å². The quantitative estimate of drug-likeness (QED) is 0.877. The van der Waals surface area contributed by atoms with Crippen LogP contribution >= 0.6 is 11.6 Å². The van der Waals surface area contributed by atoms with Gasteiger partial charge in [0.15, 0.2) is 0 Å². The molecule has 1 aliphatic carbocycles. The maximum atomic E-state index is 11.8. The Bertz CT molecular complexity index is 467. The number of aromatic nitrogens is 2. The van der Waals surface area contributed by atoms with Crippen LogP contribution in [0.25, 0.3) is 0 Å². The van der Waals surface area contributed by atoms with E-state index < -0.39 is 0 Å². The Kier molecular flexibility index (Phi) is 4.24. The number of rotatable bonds is 3. The number of aliphatic hydroxyl groups is 1. The maximum Gasteiger partial charge on any atom is 0.287 e. The lowest BCUT2D eigenvalue weighted by molar-refractivity contribution is 0.126. The predicted octanol–water partition coefficient (Wildman–Crippen LogP) is 1.63. The number of nitrogens with one attached hydrogen (secondary N) is 1. The van der Waals surface area contributed by atoms with Crippen LogP contribution in [0.5, 0.6) is 0 Å². The molecule has 0 amide bonds. The molecule has 0 aromatic carbocycles. The summed E-state index contributed by atoms with van der Waals surface area (Å²) >= 11 is 6.04. The normalized spacial score (nSPS) is 23.9. The van der Waals surface area contributed by atoms with Crippen molar-refractivity contribution < 1.29 is 5.11 Å². The molecule has 1 aromatic heterocycles. The van der Waals surface area contributed by atoms with Gasteiger partial charge in [-0.15, -0.1) is 0 Å². The molecule has 0 atom stereocenters. The lowest BCUT2D eigenvalue weighted by atomic mass is 9.93. The third-order valence-corrected chi connectivity index (χ3v) is 3.71. The molecule has 18 heavy (non-hydrogen) atoms. The first-order chi connectivity index (χ1) is 8.61. The van der Waals surface area contributed by atoms with Crippen molar-refractivity contribution in [2.75, 3.05) is 5.32 Å². The molecule has 1 saturated carbocycles. The lowest BCUT2D eigenvalue weighted by Crippen LogP contribution is -2.30. The zero-order chi connectivity index (χ0) is 13.1. The van der Waals surface area contributed by atoms with E-state index in [1.165, 1.54) is 4.68 Å². The minimum absolute atomic E-state index is 0.190. The number of nitrogens with zero attached hydrogens (tertiary/aromatic N) is 2. The van der Waals surface area contributed by atoms with Crippen molar-refractivity contribution in [2.24, 2.45) is 0 Å². The highest BCUT2D eigenvalue weighted by Crippen LogP contribution is 2.24. The Hall–Kier alpha value is -1.07. The fourth-order valence-electron chi connectivity index (χ4n) is 2.23. The predicted molar refractivity (Wildman–Crippen MR) is 71.1 cm³/mol. The largest absolute Gasteiger partial charge is 0.393 e. The zero-order valence-electron chi connectivity index (χ0n) is 10.4. The molecule has 0 saturated heterocycles. The Balaban J connectivity index is 2.10. The topological polar surface area (TPSA) is 67.2 Å². The fourth-order valence-corrected chi connectivity index (χ4v) is 2.43. The van der Waals surface area contributed by atoms with Crippen molar-refractivity contribution in [1.82, 2.24) is 9.78 Å². The minimum atomic E-state index is -0.264. The van der Waals surface area contributed by atoms with Crippen LogP contribution < -0.4 is 10.9 Å². The van der Waals surface area contributed by atoms with Crippen molar-refractivity contribution in [3.63, 3.8) is 0 Å². The molecule has 0 radical (unpaired) electrons. The van der Waals surface area contributed by atoms with E-state index in [9.17, 15) is 9.90 Å². The Labute approximate surface area is 111 Å². The number of anilines is 1. The lowest BCUT2D eigenvalue weighted by Gasteiger charge is -2.27. The smallest absolute Gasteiger partial charge is 0.287 e. The molecular weight excluding hydrogens is 254 g/mol. The molecular formula is C12H18ClN3O2. The van der Waals surface area contributed by atoms with Crippen LogP contribution in [0, 0.1) is 0 Å². The summed E-state index contributed by atoms with van der Waals surface area (Å²) in [6.07, 6.45) is 4.74. The Morgan fingerprint density at radius 1 is 1.50 bits per heavy atom. The number of hydrogen-bond donors (Lipinski definition) is 2. The van der Waals surface area contributed by atoms with E-state index in [-0.39, 0.29) is 22.7 Å². The van der Waals surface area contributed by atoms with Gasteiger partial charge in [-0.2, -0.15) is 5.10 Å². The van der Waals surface area contributed by atoms with Crippen molar-refractivity contribution in [3.05, 3.63) is 21.6 Å². The fraction of sp³-hybridized carbons (Fsp3) is 0.667. The van der Waals surface area contributed by atoms with Gasteiger partial charge in [-0.25, -0.2) is 4.68 Å². The Morgan fingerprint density at radius 3 is 2.78 bits per heavy atom. The molecule has 1 heterocycles. The number of aryl methyl sites for hydroxylation is 1. The summed E-state index contributed by atoms with van der Waals surface area (Å²) in [5.74, 6) is 0. The second kappa shape index (κ2) is 5.71. The molecule has 1 fully saturated rings. The first-order valence-electron chi connectivity index (χ1n) is 6.32. The van der Waals surface area contributed by atoms with Gasteiger partial charge >= 0.3 is 0 Å². The molecule has 0 spiro atoms. The summed E-state index contributed by atoms with van der Waals surface area (Å²) in [5.41, 5.74) is 0.327. The van der Waals surface area contributed by atoms with Crippen molar-refractivity contribution >= 4 is 17.3 Å². The van der Waals surface area contributed by atoms with Crippen molar-refractivity contribution in [3.8, 4) is 0 Å². The third kappa shape index (κ3) is 2.84. The van der Waals surface area contributed by atoms with Crippen LogP contribution in [0.3, 0.4) is 0 Å². The highest BCUT2D eigenvalue weighted by molar-refractivity contribution is 6.32. The van der Waals surface area contributed by atoms with Crippen LogP contribution in [0.15, 0.2) is 11.0 Å². The van der Waals surface area contributed by atoms with E-state index in [0.717, 1.165) is 25.7 Å². The number of halogens is 1. The van der Waals surface area contributed by atoms with Crippen LogP contribution in [0.4, 0.5) is 5.69 Å². The second-order valence-corrected chi connectivity index (χ2v) is 5.02. The molecule has 1 aromatic rings. The standard InChI is InChI=1S/C12H18ClN3O2/c1-2-16-12(18)11(13)10(7-14-16)15-8-3-5-9(17)6-4-8/h7-9,15,17H,2-6H2,1H3. The molecule has 100 valence electrons. The molecule has 2 N–H and O–H groups in total. The van der Waals surface area contributed by atoms with Gasteiger partial charge in [-0.05, 0) is 32.6 Å². The summed E-state index contributed by atoms with van der Waals surface area (Å²) in [6, 6.07) is 0.254. The molecule has 0 aliphatic heterocycles. The van der Waals surface area contributed by atoms with Gasteiger partial charge in [0.1, 0.15) is 5.02 Å². The van der Waals surface area contributed by atoms with E-state index in [2.05, 4.69) is 10.4 Å². The zero-order valence-corrected chi connectivity index (χ0v) is 11.2. The van der Waals surface area contributed by atoms with Crippen LogP contribution in [0.2, 0.25) is 5.02 Å². The second-order valence-electron chi connectivity index (χ2n) is 4.64. The van der Waals surface area contributed by atoms with Crippen molar-refractivity contribution in [2.45, 2.75) is 51.3 Å². The average Bonchev–Trinajstić information content (AvgIpc) is 2.38. The van der Waals surface area contributed by atoms with E-state index in [1.807, 2.05) is 6.92 Å². The van der Waals surface area contributed by atoms with Gasteiger partial charge < -0.3 is 10.4 Å². The van der Waals surface area contributed by atoms with E-state index >= 15 is 0 Å². The summed E-state index contributed by atoms with van der Waals surface area (Å²) in [4.78, 5) is 11.8. The first kappa shape index (κ1) is 13.4. The summed E-state index contributed by atoms with van der Waals surface area (Å²) in [5, 5.41) is 16.9. The minimum Gasteiger partial charge on any atom is -0.393 e. The molecule has 0 unspecified atom stereocenters. The first-order valence-corrected chi connectivity index (χ1v) is 6.69. The molecule has 2 rings (SSSR count). The summed E-state index contributed by atoms with van der Waals surface area (Å²) < 4.78 is 1.33. The average molecular weight is 272 g/mol. The molecule has 6 heteroatoms. The highest BCUT2D eigenvalue weighted by Gasteiger charge is 2.20. The monoisotopic (exact) mass is 271 g/mol. The number of hydrogen-bond acceptors (Lipinski definition) is 4. The highest BCUT2D eigenvalue weighted by atomic mass is 35.5. The molecule has 0 bridgehead atoms. The Morgan fingerprint density at radius 2 is 2.17 bits per heavy atom. The SMILES string of the molecule is CCn1ncc(NC2CCC(O)CC2)c(Cl)c1=O. The van der Waals surface area contributed by atoms with Gasteiger partial charge in [-0.3, -0.25) is 4.79 Å². The van der Waals surface area contributed by atoms with Gasteiger partial charge in [-0.1, -0.05) is 11.6 Å².